The summed E-state index contributed by atoms with van der Waals surface area (Å²) in [5.41, 5.74) is -1.33. The molecule has 0 saturated carbocycles. The number of carbonyl (C=O) groups is 2. The zero-order chi connectivity index (χ0) is 22.8. The molecule has 164 valence electrons. The van der Waals surface area contributed by atoms with Crippen LogP contribution in [0.3, 0.4) is 0 Å². The number of piperidine rings is 1. The minimum absolute atomic E-state index is 0.0874. The fourth-order valence-electron chi connectivity index (χ4n) is 3.21. The van der Waals surface area contributed by atoms with Crippen molar-refractivity contribution in [3.05, 3.63) is 69.5 Å². The topological polar surface area (TPSA) is 89.8 Å². The van der Waals surface area contributed by atoms with Gasteiger partial charge >= 0.3 is 17.8 Å². The maximum Gasteiger partial charge on any atom is 0.416 e. The second-order valence-corrected chi connectivity index (χ2v) is 6.93. The van der Waals surface area contributed by atoms with Gasteiger partial charge in [-0.05, 0) is 43.2 Å². The Balaban J connectivity index is 1.60. The lowest BCUT2D eigenvalue weighted by Crippen LogP contribution is -2.41. The highest BCUT2D eigenvalue weighted by Crippen LogP contribution is 2.31. The molecule has 0 aliphatic carbocycles. The number of hydrogen-bond donors (Lipinski definition) is 0. The van der Waals surface area contributed by atoms with Crippen molar-refractivity contribution in [3.63, 3.8) is 0 Å². The third kappa shape index (κ3) is 5.16. The summed E-state index contributed by atoms with van der Waals surface area (Å²) in [5.74, 6) is -3.22. The Hall–Kier alpha value is -3.50. The molecule has 1 heterocycles. The van der Waals surface area contributed by atoms with E-state index < -0.39 is 51.7 Å². The maximum absolute atomic E-state index is 13.4. The molecule has 0 radical (unpaired) electrons. The van der Waals surface area contributed by atoms with E-state index in [1.165, 1.54) is 4.90 Å². The minimum atomic E-state index is -4.50. The van der Waals surface area contributed by atoms with Crippen molar-refractivity contribution in [3.8, 4) is 5.75 Å². The number of alkyl halides is 3. The number of nitro groups is 1. The van der Waals surface area contributed by atoms with Gasteiger partial charge in [0.05, 0.1) is 16.4 Å². The summed E-state index contributed by atoms with van der Waals surface area (Å²) in [5, 5.41) is 11.0. The molecule has 0 bridgehead atoms. The van der Waals surface area contributed by atoms with E-state index in [0.717, 1.165) is 42.5 Å². The molecule has 7 nitrogen and oxygen atoms in total. The van der Waals surface area contributed by atoms with Gasteiger partial charge in [0, 0.05) is 30.8 Å². The van der Waals surface area contributed by atoms with Crippen LogP contribution in [0.15, 0.2) is 42.5 Å². The van der Waals surface area contributed by atoms with Crippen LogP contribution in [-0.2, 0) is 11.0 Å². The molecule has 3 rings (SSSR count). The van der Waals surface area contributed by atoms with Crippen molar-refractivity contribution in [2.75, 3.05) is 13.1 Å². The number of halogens is 4. The van der Waals surface area contributed by atoms with Crippen LogP contribution in [0.1, 0.15) is 28.8 Å². The Labute approximate surface area is 173 Å². The number of benzene rings is 2. The molecule has 1 aliphatic heterocycles. The summed E-state index contributed by atoms with van der Waals surface area (Å²) in [6, 6.07) is 6.35. The summed E-state index contributed by atoms with van der Waals surface area (Å²) in [6.07, 6.45) is -4.13. The third-order valence-electron chi connectivity index (χ3n) is 4.90. The van der Waals surface area contributed by atoms with Crippen molar-refractivity contribution in [2.45, 2.75) is 19.0 Å². The second-order valence-electron chi connectivity index (χ2n) is 6.93. The van der Waals surface area contributed by atoms with Crippen LogP contribution in [0, 0.1) is 21.8 Å². The van der Waals surface area contributed by atoms with Crippen molar-refractivity contribution in [1.82, 2.24) is 4.90 Å². The van der Waals surface area contributed by atoms with Gasteiger partial charge in [-0.3, -0.25) is 19.7 Å². The first kappa shape index (κ1) is 22.2. The Morgan fingerprint density at radius 2 is 1.68 bits per heavy atom. The van der Waals surface area contributed by atoms with Crippen LogP contribution < -0.4 is 4.74 Å². The van der Waals surface area contributed by atoms with Crippen LogP contribution in [0.25, 0.3) is 0 Å². The van der Waals surface area contributed by atoms with E-state index in [2.05, 4.69) is 0 Å². The molecule has 0 spiro atoms. The highest BCUT2D eigenvalue weighted by Gasteiger charge is 2.32. The molecule has 0 atom stereocenters. The standard InChI is InChI=1S/C20H16F4N2O5/c21-15-5-6-16(26(29)30)17(11-15)31-19(28)13-7-9-25(10-8-13)18(27)12-1-3-14(4-2-12)20(22,23)24/h1-6,11,13H,7-10H2. The molecular formula is C20H16F4N2O5. The molecular weight excluding hydrogens is 424 g/mol. The first-order valence-corrected chi connectivity index (χ1v) is 9.18. The van der Waals surface area contributed by atoms with Crippen LogP contribution in [0.5, 0.6) is 5.75 Å². The summed E-state index contributed by atoms with van der Waals surface area (Å²) in [6.45, 7) is 0.287. The molecule has 1 aliphatic rings. The summed E-state index contributed by atoms with van der Waals surface area (Å²) in [7, 11) is 0. The number of amides is 1. The molecule has 0 unspecified atom stereocenters. The average Bonchev–Trinajstić information content (AvgIpc) is 2.72. The first-order chi connectivity index (χ1) is 14.6. The number of likely N-dealkylation sites (tertiary alicyclic amines) is 1. The molecule has 31 heavy (non-hydrogen) atoms. The maximum atomic E-state index is 13.4. The highest BCUT2D eigenvalue weighted by atomic mass is 19.4. The first-order valence-electron chi connectivity index (χ1n) is 9.18. The van der Waals surface area contributed by atoms with E-state index in [4.69, 9.17) is 4.74 Å². The Bertz CT molecular complexity index is 1000. The molecule has 2 aromatic rings. The number of carbonyl (C=O) groups excluding carboxylic acids is 2. The van der Waals surface area contributed by atoms with Crippen molar-refractivity contribution >= 4 is 17.6 Å². The minimum Gasteiger partial charge on any atom is -0.419 e. The Morgan fingerprint density at radius 1 is 1.06 bits per heavy atom. The summed E-state index contributed by atoms with van der Waals surface area (Å²) < 4.78 is 56.3. The molecule has 0 aromatic heterocycles. The Kier molecular flexibility index (Phi) is 6.23. The van der Waals surface area contributed by atoms with Gasteiger partial charge in [0.15, 0.2) is 0 Å². The van der Waals surface area contributed by atoms with Crippen molar-refractivity contribution in [1.29, 1.82) is 0 Å². The Morgan fingerprint density at radius 3 is 2.23 bits per heavy atom. The predicted octanol–water partition coefficient (Wildman–Crippen LogP) is 4.21. The van der Waals surface area contributed by atoms with Crippen LogP contribution in [-0.4, -0.2) is 34.8 Å². The van der Waals surface area contributed by atoms with Gasteiger partial charge in [0.1, 0.15) is 5.82 Å². The normalized spacial score (nSPS) is 14.9. The van der Waals surface area contributed by atoms with Gasteiger partial charge in [-0.1, -0.05) is 0 Å². The molecule has 1 amide bonds. The van der Waals surface area contributed by atoms with E-state index in [0.29, 0.717) is 0 Å². The van der Waals surface area contributed by atoms with Gasteiger partial charge in [-0.2, -0.15) is 13.2 Å². The van der Waals surface area contributed by atoms with Crippen LogP contribution in [0.2, 0.25) is 0 Å². The van der Waals surface area contributed by atoms with E-state index in [1.54, 1.807) is 0 Å². The van der Waals surface area contributed by atoms with E-state index in [-0.39, 0.29) is 31.5 Å². The average molecular weight is 440 g/mol. The molecule has 11 heteroatoms. The van der Waals surface area contributed by atoms with Gasteiger partial charge < -0.3 is 9.64 Å². The SMILES string of the molecule is O=C(Oc1cc(F)ccc1[N+](=O)[O-])C1CCN(C(=O)c2ccc(C(F)(F)F)cc2)CC1. The summed E-state index contributed by atoms with van der Waals surface area (Å²) in [4.78, 5) is 36.5. The zero-order valence-electron chi connectivity index (χ0n) is 15.9. The lowest BCUT2D eigenvalue weighted by atomic mass is 9.96. The second kappa shape index (κ2) is 8.70. The number of nitro benzene ring substituents is 1. The van der Waals surface area contributed by atoms with E-state index in [1.807, 2.05) is 0 Å². The van der Waals surface area contributed by atoms with Gasteiger partial charge in [0.2, 0.25) is 5.75 Å². The van der Waals surface area contributed by atoms with Crippen LogP contribution in [0.4, 0.5) is 23.2 Å². The highest BCUT2D eigenvalue weighted by molar-refractivity contribution is 5.94. The van der Waals surface area contributed by atoms with Gasteiger partial charge in [-0.25, -0.2) is 4.39 Å². The number of hydrogen-bond acceptors (Lipinski definition) is 5. The fourth-order valence-corrected chi connectivity index (χ4v) is 3.21. The van der Waals surface area contributed by atoms with Gasteiger partial charge in [-0.15, -0.1) is 0 Å². The summed E-state index contributed by atoms with van der Waals surface area (Å²) >= 11 is 0. The van der Waals surface area contributed by atoms with E-state index >= 15 is 0 Å². The largest absolute Gasteiger partial charge is 0.419 e. The van der Waals surface area contributed by atoms with Crippen molar-refractivity contribution < 1.29 is 36.8 Å². The molecule has 1 saturated heterocycles. The van der Waals surface area contributed by atoms with Gasteiger partial charge in [0.25, 0.3) is 5.91 Å². The monoisotopic (exact) mass is 440 g/mol. The number of esters is 1. The quantitative estimate of drug-likeness (QED) is 0.234. The number of nitrogens with zero attached hydrogens (tertiary/aromatic N) is 2. The smallest absolute Gasteiger partial charge is 0.416 e. The lowest BCUT2D eigenvalue weighted by molar-refractivity contribution is -0.385. The third-order valence-corrected chi connectivity index (χ3v) is 4.90. The number of rotatable bonds is 4. The predicted molar refractivity (Wildman–Crippen MR) is 98.8 cm³/mol. The molecule has 2 aromatic carbocycles. The molecule has 0 N–H and O–H groups in total. The van der Waals surface area contributed by atoms with E-state index in [9.17, 15) is 37.3 Å². The zero-order valence-corrected chi connectivity index (χ0v) is 15.9. The lowest BCUT2D eigenvalue weighted by Gasteiger charge is -2.31. The van der Waals surface area contributed by atoms with Crippen LogP contribution >= 0.6 is 0 Å². The van der Waals surface area contributed by atoms with Crippen molar-refractivity contribution in [2.24, 2.45) is 5.92 Å². The fraction of sp³-hybridized carbons (Fsp3) is 0.300. The number of ether oxygens (including phenoxy) is 1. The molecule has 1 fully saturated rings.